The number of rotatable bonds is 13. The third-order valence-corrected chi connectivity index (χ3v) is 5.31. The van der Waals surface area contributed by atoms with Gasteiger partial charge in [0.2, 0.25) is 5.91 Å². The molecule has 1 saturated heterocycles. The van der Waals surface area contributed by atoms with Crippen LogP contribution in [0.25, 0.3) is 0 Å². The van der Waals surface area contributed by atoms with Gasteiger partial charge in [0.25, 0.3) is 5.91 Å². The molecule has 13 nitrogen and oxygen atoms in total. The zero-order chi connectivity index (χ0) is 26.6. The number of hydrogen-bond donors (Lipinski definition) is 4. The van der Waals surface area contributed by atoms with Gasteiger partial charge in [0.15, 0.2) is 0 Å². The van der Waals surface area contributed by atoms with E-state index < -0.39 is 49.0 Å². The van der Waals surface area contributed by atoms with Gasteiger partial charge in [-0.1, -0.05) is 36.4 Å². The fraction of sp³-hybridized carbons (Fsp3) is 0.333. The lowest BCUT2D eigenvalue weighted by Gasteiger charge is -2.18. The van der Waals surface area contributed by atoms with E-state index >= 15 is 0 Å². The number of anilines is 1. The highest BCUT2D eigenvalue weighted by molar-refractivity contribution is 6.04. The van der Waals surface area contributed by atoms with Crippen molar-refractivity contribution in [3.05, 3.63) is 60.3 Å². The van der Waals surface area contributed by atoms with E-state index in [4.69, 9.17) is 4.74 Å². The highest BCUT2D eigenvalue weighted by Gasteiger charge is 2.36. The average molecular weight is 513 g/mol. The second-order valence-electron chi connectivity index (χ2n) is 8.08. The summed E-state index contributed by atoms with van der Waals surface area (Å²) in [7, 11) is 0. The summed E-state index contributed by atoms with van der Waals surface area (Å²) in [5, 5.41) is 16.9. The summed E-state index contributed by atoms with van der Waals surface area (Å²) in [6.07, 6.45) is 1.24. The van der Waals surface area contributed by atoms with Crippen molar-refractivity contribution in [2.75, 3.05) is 38.0 Å². The largest absolute Gasteiger partial charge is 0.480 e. The maximum atomic E-state index is 12.5. The predicted molar refractivity (Wildman–Crippen MR) is 130 cm³/mol. The molecule has 2 aromatic rings. The molecular weight excluding hydrogens is 484 g/mol. The van der Waals surface area contributed by atoms with Crippen molar-refractivity contribution >= 4 is 35.7 Å². The molecule has 13 heteroatoms. The van der Waals surface area contributed by atoms with Crippen molar-refractivity contribution in [3.8, 4) is 0 Å². The van der Waals surface area contributed by atoms with Crippen molar-refractivity contribution in [2.45, 2.75) is 19.1 Å². The first-order valence-corrected chi connectivity index (χ1v) is 11.5. The molecule has 37 heavy (non-hydrogen) atoms. The number of ether oxygens (including phenoxy) is 1. The first-order chi connectivity index (χ1) is 17.8. The van der Waals surface area contributed by atoms with E-state index in [1.165, 1.54) is 4.90 Å². The van der Waals surface area contributed by atoms with Crippen LogP contribution in [0.5, 0.6) is 0 Å². The van der Waals surface area contributed by atoms with Gasteiger partial charge in [0.05, 0.1) is 0 Å². The Morgan fingerprint density at radius 2 is 1.84 bits per heavy atom. The number of alkyl carbamates (subject to hydrolysis) is 1. The van der Waals surface area contributed by atoms with E-state index in [0.717, 1.165) is 10.5 Å². The summed E-state index contributed by atoms with van der Waals surface area (Å²) < 4.78 is 4.99. The maximum absolute atomic E-state index is 12.5. The predicted octanol–water partition coefficient (Wildman–Crippen LogP) is 0.644. The smallest absolute Gasteiger partial charge is 0.408 e. The molecule has 0 bridgehead atoms. The van der Waals surface area contributed by atoms with Crippen LogP contribution in [-0.4, -0.2) is 88.6 Å². The number of carboxylic acids is 1. The lowest BCUT2D eigenvalue weighted by Crippen LogP contribution is -2.50. The van der Waals surface area contributed by atoms with Crippen LogP contribution in [0, 0.1) is 0 Å². The quantitative estimate of drug-likeness (QED) is 0.222. The average Bonchev–Trinajstić information content (AvgIpc) is 3.16. The number of nitrogens with one attached hydrogen (secondary N) is 3. The normalized spacial score (nSPS) is 13.7. The number of carbonyl (C=O) groups excluding carboxylic acids is 4. The zero-order valence-electron chi connectivity index (χ0n) is 20.0. The number of hydrogen-bond acceptors (Lipinski definition) is 8. The van der Waals surface area contributed by atoms with E-state index in [1.807, 2.05) is 12.1 Å². The van der Waals surface area contributed by atoms with Crippen LogP contribution in [0.2, 0.25) is 0 Å². The minimum absolute atomic E-state index is 0.0553. The molecule has 196 valence electrons. The molecule has 1 aliphatic heterocycles. The Morgan fingerprint density at radius 1 is 1.08 bits per heavy atom. The number of nitrogens with zero attached hydrogens (tertiary/aromatic N) is 3. The van der Waals surface area contributed by atoms with Crippen LogP contribution in [-0.2, 0) is 25.7 Å². The number of carboxylic acid groups (broad SMARTS) is 1. The van der Waals surface area contributed by atoms with Crippen LogP contribution < -0.4 is 16.0 Å². The second kappa shape index (κ2) is 13.4. The summed E-state index contributed by atoms with van der Waals surface area (Å²) in [6, 6.07) is 12.2. The summed E-state index contributed by atoms with van der Waals surface area (Å²) in [6.45, 7) is -0.396. The van der Waals surface area contributed by atoms with Gasteiger partial charge in [-0.2, -0.15) is 0 Å². The Labute approximate surface area is 212 Å². The number of imide groups is 1. The first-order valence-electron chi connectivity index (χ1n) is 11.5. The summed E-state index contributed by atoms with van der Waals surface area (Å²) >= 11 is 0. The van der Waals surface area contributed by atoms with Gasteiger partial charge < -0.3 is 30.7 Å². The number of aromatic nitrogens is 1. The topological polar surface area (TPSA) is 170 Å². The number of carbonyl (C=O) groups is 5. The van der Waals surface area contributed by atoms with Crippen molar-refractivity contribution in [1.29, 1.82) is 0 Å². The number of urea groups is 1. The van der Waals surface area contributed by atoms with Gasteiger partial charge in [0.1, 0.15) is 31.6 Å². The number of aliphatic carboxylic acids is 1. The van der Waals surface area contributed by atoms with E-state index in [0.29, 0.717) is 25.3 Å². The Kier molecular flexibility index (Phi) is 9.76. The standard InChI is InChI=1S/C24H28N6O7/c31-20(27-13-18(22(33)34)28-23(35)37-16-17-7-2-1-3-8-17)14-30-21(32)15-29(24(30)36)12-6-11-26-19-9-4-5-10-25-19/h1-5,7-10,18H,6,11-16H2,(H,25,26)(H,27,31)(H,28,35)(H,33,34). The summed E-state index contributed by atoms with van der Waals surface area (Å²) in [5.41, 5.74) is 0.719. The highest BCUT2D eigenvalue weighted by atomic mass is 16.5. The fourth-order valence-electron chi connectivity index (χ4n) is 3.40. The zero-order valence-corrected chi connectivity index (χ0v) is 20.0. The van der Waals surface area contributed by atoms with E-state index in [1.54, 1.807) is 42.6 Å². The van der Waals surface area contributed by atoms with Crippen molar-refractivity contribution in [1.82, 2.24) is 25.4 Å². The minimum atomic E-state index is -1.47. The molecule has 1 aliphatic rings. The molecule has 1 atom stereocenters. The fourth-order valence-corrected chi connectivity index (χ4v) is 3.40. The Morgan fingerprint density at radius 3 is 2.54 bits per heavy atom. The highest BCUT2D eigenvalue weighted by Crippen LogP contribution is 2.11. The third kappa shape index (κ3) is 8.49. The summed E-state index contributed by atoms with van der Waals surface area (Å²) in [4.78, 5) is 66.8. The van der Waals surface area contributed by atoms with Crippen LogP contribution >= 0.6 is 0 Å². The van der Waals surface area contributed by atoms with Gasteiger partial charge in [-0.05, 0) is 24.1 Å². The van der Waals surface area contributed by atoms with Crippen LogP contribution in [0.4, 0.5) is 15.4 Å². The van der Waals surface area contributed by atoms with E-state index in [-0.39, 0.29) is 13.2 Å². The molecule has 0 radical (unpaired) electrons. The molecule has 0 saturated carbocycles. The van der Waals surface area contributed by atoms with Gasteiger partial charge >= 0.3 is 18.1 Å². The molecule has 1 unspecified atom stereocenters. The van der Waals surface area contributed by atoms with Crippen molar-refractivity contribution < 1.29 is 33.8 Å². The Balaban J connectivity index is 1.39. The minimum Gasteiger partial charge on any atom is -0.480 e. The molecule has 1 aromatic heterocycles. The van der Waals surface area contributed by atoms with Gasteiger partial charge in [-0.15, -0.1) is 0 Å². The maximum Gasteiger partial charge on any atom is 0.408 e. The van der Waals surface area contributed by atoms with Crippen LogP contribution in [0.15, 0.2) is 54.7 Å². The monoisotopic (exact) mass is 512 g/mol. The second-order valence-corrected chi connectivity index (χ2v) is 8.08. The van der Waals surface area contributed by atoms with Gasteiger partial charge in [-0.3, -0.25) is 14.5 Å². The molecule has 3 rings (SSSR count). The van der Waals surface area contributed by atoms with E-state index in [2.05, 4.69) is 20.9 Å². The first kappa shape index (κ1) is 26.9. The van der Waals surface area contributed by atoms with Crippen molar-refractivity contribution in [3.63, 3.8) is 0 Å². The lowest BCUT2D eigenvalue weighted by atomic mass is 10.2. The Hall–Kier alpha value is -4.68. The summed E-state index contributed by atoms with van der Waals surface area (Å²) in [5.74, 6) is -1.97. The van der Waals surface area contributed by atoms with Crippen molar-refractivity contribution in [2.24, 2.45) is 0 Å². The molecule has 0 spiro atoms. The number of pyridine rings is 1. The van der Waals surface area contributed by atoms with Crippen LogP contribution in [0.3, 0.4) is 0 Å². The third-order valence-electron chi connectivity index (χ3n) is 5.31. The molecule has 2 heterocycles. The molecule has 5 amide bonds. The van der Waals surface area contributed by atoms with Crippen LogP contribution in [0.1, 0.15) is 12.0 Å². The molecule has 1 aromatic carbocycles. The molecular formula is C24H28N6O7. The van der Waals surface area contributed by atoms with Gasteiger partial charge in [-0.25, -0.2) is 19.4 Å². The molecule has 4 N–H and O–H groups in total. The molecule has 1 fully saturated rings. The lowest BCUT2D eigenvalue weighted by molar-refractivity contribution is -0.139. The Bertz CT molecular complexity index is 1100. The van der Waals surface area contributed by atoms with E-state index in [9.17, 15) is 29.1 Å². The SMILES string of the molecule is O=C(CN1C(=O)CN(CCCNc2ccccn2)C1=O)NCC(NC(=O)OCc1ccccc1)C(=O)O. The number of benzene rings is 1. The molecule has 0 aliphatic carbocycles. The number of amides is 5. The van der Waals surface area contributed by atoms with Gasteiger partial charge in [0, 0.05) is 25.8 Å².